The maximum absolute atomic E-state index is 6.27. The number of nitrogens with zero attached hydrogens (tertiary/aromatic N) is 2. The second kappa shape index (κ2) is 6.00. The van der Waals surface area contributed by atoms with Crippen molar-refractivity contribution in [3.05, 3.63) is 64.4 Å². The highest BCUT2D eigenvalue weighted by Gasteiger charge is 2.11. The van der Waals surface area contributed by atoms with E-state index in [4.69, 9.17) is 10.7 Å². The van der Waals surface area contributed by atoms with Gasteiger partial charge in [-0.1, -0.05) is 46.3 Å². The third-order valence-electron chi connectivity index (χ3n) is 3.84. The lowest BCUT2D eigenvalue weighted by atomic mass is 10.0. The SMILES string of the molecule is Cn1c(CCC(N)c2ccccc2)nc2cc(Br)ccc21. The van der Waals surface area contributed by atoms with Crippen molar-refractivity contribution < 1.29 is 0 Å². The van der Waals surface area contributed by atoms with E-state index in [2.05, 4.69) is 51.8 Å². The molecule has 1 unspecified atom stereocenters. The average molecular weight is 344 g/mol. The predicted molar refractivity (Wildman–Crippen MR) is 90.1 cm³/mol. The van der Waals surface area contributed by atoms with Crippen molar-refractivity contribution in [3.8, 4) is 0 Å². The number of aryl methyl sites for hydroxylation is 2. The lowest BCUT2D eigenvalue weighted by molar-refractivity contribution is 0.623. The highest BCUT2D eigenvalue weighted by Crippen LogP contribution is 2.22. The van der Waals surface area contributed by atoms with Gasteiger partial charge in [0.15, 0.2) is 0 Å². The molecule has 3 nitrogen and oxygen atoms in total. The van der Waals surface area contributed by atoms with E-state index < -0.39 is 0 Å². The van der Waals surface area contributed by atoms with Gasteiger partial charge in [-0.25, -0.2) is 4.98 Å². The van der Waals surface area contributed by atoms with Crippen LogP contribution in [0.15, 0.2) is 53.0 Å². The molecule has 3 aromatic rings. The molecule has 0 radical (unpaired) electrons. The Morgan fingerprint density at radius 2 is 1.95 bits per heavy atom. The van der Waals surface area contributed by atoms with Crippen LogP contribution in [-0.4, -0.2) is 9.55 Å². The Hall–Kier alpha value is -1.65. The summed E-state index contributed by atoms with van der Waals surface area (Å²) in [6, 6.07) is 16.5. The Balaban J connectivity index is 1.78. The van der Waals surface area contributed by atoms with E-state index in [0.717, 1.165) is 34.2 Å². The van der Waals surface area contributed by atoms with Crippen LogP contribution in [0.4, 0.5) is 0 Å². The fourth-order valence-corrected chi connectivity index (χ4v) is 2.95. The summed E-state index contributed by atoms with van der Waals surface area (Å²) < 4.78 is 3.21. The molecule has 2 N–H and O–H groups in total. The van der Waals surface area contributed by atoms with E-state index in [-0.39, 0.29) is 6.04 Å². The van der Waals surface area contributed by atoms with Crippen molar-refractivity contribution in [1.29, 1.82) is 0 Å². The van der Waals surface area contributed by atoms with E-state index in [1.807, 2.05) is 24.3 Å². The molecule has 0 aliphatic carbocycles. The van der Waals surface area contributed by atoms with Crippen LogP contribution in [0.1, 0.15) is 23.9 Å². The summed E-state index contributed by atoms with van der Waals surface area (Å²) in [5.74, 6) is 1.08. The summed E-state index contributed by atoms with van der Waals surface area (Å²) in [5.41, 5.74) is 9.62. The predicted octanol–water partition coefficient (Wildman–Crippen LogP) is 3.97. The van der Waals surface area contributed by atoms with Crippen LogP contribution in [0, 0.1) is 0 Å². The molecule has 0 amide bonds. The van der Waals surface area contributed by atoms with Crippen LogP contribution >= 0.6 is 15.9 Å². The fourth-order valence-electron chi connectivity index (χ4n) is 2.60. The molecule has 4 heteroatoms. The summed E-state index contributed by atoms with van der Waals surface area (Å²) in [5, 5.41) is 0. The van der Waals surface area contributed by atoms with Crippen LogP contribution in [-0.2, 0) is 13.5 Å². The van der Waals surface area contributed by atoms with Gasteiger partial charge >= 0.3 is 0 Å². The third-order valence-corrected chi connectivity index (χ3v) is 4.34. The number of halogens is 1. The average Bonchev–Trinajstić information content (AvgIpc) is 2.81. The van der Waals surface area contributed by atoms with Crippen molar-refractivity contribution in [2.24, 2.45) is 12.8 Å². The Morgan fingerprint density at radius 3 is 2.71 bits per heavy atom. The largest absolute Gasteiger partial charge is 0.331 e. The molecule has 2 aromatic carbocycles. The van der Waals surface area contributed by atoms with Gasteiger partial charge in [0.1, 0.15) is 5.82 Å². The van der Waals surface area contributed by atoms with Crippen molar-refractivity contribution in [2.45, 2.75) is 18.9 Å². The molecule has 1 atom stereocenters. The lowest BCUT2D eigenvalue weighted by Gasteiger charge is -2.11. The zero-order valence-corrected chi connectivity index (χ0v) is 13.5. The second-order valence-electron chi connectivity index (χ2n) is 5.28. The minimum atomic E-state index is 0.0535. The number of nitrogens with two attached hydrogens (primary N) is 1. The molecule has 21 heavy (non-hydrogen) atoms. The van der Waals surface area contributed by atoms with E-state index in [9.17, 15) is 0 Å². The number of benzene rings is 2. The van der Waals surface area contributed by atoms with E-state index in [1.54, 1.807) is 0 Å². The summed E-state index contributed by atoms with van der Waals surface area (Å²) >= 11 is 3.49. The Bertz CT molecular complexity index is 749. The first-order valence-electron chi connectivity index (χ1n) is 7.06. The van der Waals surface area contributed by atoms with Crippen molar-refractivity contribution in [3.63, 3.8) is 0 Å². The molecule has 1 heterocycles. The molecule has 0 aliphatic heterocycles. The van der Waals surface area contributed by atoms with Gasteiger partial charge in [-0.05, 0) is 30.2 Å². The molecule has 0 aliphatic rings. The first kappa shape index (κ1) is 14.3. The first-order valence-corrected chi connectivity index (χ1v) is 7.86. The molecule has 0 saturated heterocycles. The normalized spacial score (nSPS) is 12.7. The van der Waals surface area contributed by atoms with E-state index in [0.29, 0.717) is 0 Å². The minimum Gasteiger partial charge on any atom is -0.331 e. The van der Waals surface area contributed by atoms with Gasteiger partial charge in [-0.3, -0.25) is 0 Å². The maximum Gasteiger partial charge on any atom is 0.109 e. The molecule has 108 valence electrons. The van der Waals surface area contributed by atoms with E-state index in [1.165, 1.54) is 5.56 Å². The number of hydrogen-bond donors (Lipinski definition) is 1. The molecule has 0 fully saturated rings. The Kier molecular flexibility index (Phi) is 4.08. The highest BCUT2D eigenvalue weighted by atomic mass is 79.9. The van der Waals surface area contributed by atoms with Crippen molar-refractivity contribution in [1.82, 2.24) is 9.55 Å². The molecule has 0 spiro atoms. The Morgan fingerprint density at radius 1 is 1.19 bits per heavy atom. The van der Waals surface area contributed by atoms with Gasteiger partial charge < -0.3 is 10.3 Å². The van der Waals surface area contributed by atoms with Crippen LogP contribution in [0.5, 0.6) is 0 Å². The zero-order chi connectivity index (χ0) is 14.8. The van der Waals surface area contributed by atoms with Gasteiger partial charge in [0.2, 0.25) is 0 Å². The number of fused-ring (bicyclic) bond motifs is 1. The minimum absolute atomic E-state index is 0.0535. The molecule has 0 saturated carbocycles. The number of hydrogen-bond acceptors (Lipinski definition) is 2. The smallest absolute Gasteiger partial charge is 0.109 e. The Labute approximate surface area is 132 Å². The maximum atomic E-state index is 6.27. The zero-order valence-electron chi connectivity index (χ0n) is 12.0. The number of rotatable bonds is 4. The quantitative estimate of drug-likeness (QED) is 0.778. The molecular formula is C17H18BrN3. The van der Waals surface area contributed by atoms with Crippen LogP contribution in [0.2, 0.25) is 0 Å². The molecular weight excluding hydrogens is 326 g/mol. The first-order chi connectivity index (χ1) is 10.1. The topological polar surface area (TPSA) is 43.8 Å². The standard InChI is InChI=1S/C17H18BrN3/c1-21-16-9-7-13(18)11-15(16)20-17(21)10-8-14(19)12-5-3-2-4-6-12/h2-7,9,11,14H,8,10,19H2,1H3. The van der Waals surface area contributed by atoms with Gasteiger partial charge in [0.05, 0.1) is 11.0 Å². The van der Waals surface area contributed by atoms with E-state index >= 15 is 0 Å². The summed E-state index contributed by atoms with van der Waals surface area (Å²) in [4.78, 5) is 4.72. The van der Waals surface area contributed by atoms with Gasteiger partial charge in [0.25, 0.3) is 0 Å². The molecule has 3 rings (SSSR count). The van der Waals surface area contributed by atoms with Gasteiger partial charge in [-0.15, -0.1) is 0 Å². The van der Waals surface area contributed by atoms with Gasteiger partial charge in [0, 0.05) is 24.0 Å². The van der Waals surface area contributed by atoms with Crippen molar-refractivity contribution >= 4 is 27.0 Å². The fraction of sp³-hybridized carbons (Fsp3) is 0.235. The summed E-state index contributed by atoms with van der Waals surface area (Å²) in [7, 11) is 2.06. The van der Waals surface area contributed by atoms with Crippen LogP contribution < -0.4 is 5.73 Å². The highest BCUT2D eigenvalue weighted by molar-refractivity contribution is 9.10. The van der Waals surface area contributed by atoms with Gasteiger partial charge in [-0.2, -0.15) is 0 Å². The number of aromatic nitrogens is 2. The monoisotopic (exact) mass is 343 g/mol. The second-order valence-corrected chi connectivity index (χ2v) is 6.19. The summed E-state index contributed by atoms with van der Waals surface area (Å²) in [6.07, 6.45) is 1.77. The lowest BCUT2D eigenvalue weighted by Crippen LogP contribution is -2.12. The van der Waals surface area contributed by atoms with Crippen LogP contribution in [0.3, 0.4) is 0 Å². The molecule has 0 bridgehead atoms. The van der Waals surface area contributed by atoms with Crippen LogP contribution in [0.25, 0.3) is 11.0 Å². The summed E-state index contributed by atoms with van der Waals surface area (Å²) in [6.45, 7) is 0. The molecule has 1 aromatic heterocycles. The van der Waals surface area contributed by atoms with Crippen molar-refractivity contribution in [2.75, 3.05) is 0 Å². The number of imidazole rings is 1. The third kappa shape index (κ3) is 3.01.